The highest BCUT2D eigenvalue weighted by atomic mass is 35.5. The van der Waals surface area contributed by atoms with E-state index in [1.165, 1.54) is 23.1 Å². The first-order valence-corrected chi connectivity index (χ1v) is 7.99. The van der Waals surface area contributed by atoms with Gasteiger partial charge >= 0.3 is 0 Å². The van der Waals surface area contributed by atoms with Crippen molar-refractivity contribution in [2.45, 2.75) is 12.5 Å². The zero-order chi connectivity index (χ0) is 16.8. The number of rotatable bonds is 6. The molecule has 1 fully saturated rings. The molecule has 1 atom stereocenters. The molecule has 0 aliphatic carbocycles. The van der Waals surface area contributed by atoms with Crippen LogP contribution in [0.4, 0.5) is 4.39 Å². The Labute approximate surface area is 140 Å². The fourth-order valence-corrected chi connectivity index (χ4v) is 2.75. The highest BCUT2D eigenvalue weighted by Crippen LogP contribution is 2.18. The van der Waals surface area contributed by atoms with Gasteiger partial charge in [-0.25, -0.2) is 4.39 Å². The monoisotopic (exact) mass is 344 g/mol. The minimum atomic E-state index is -0.620. The van der Waals surface area contributed by atoms with Crippen molar-refractivity contribution in [1.29, 1.82) is 0 Å². The van der Waals surface area contributed by atoms with E-state index in [1.54, 1.807) is 7.05 Å². The first-order chi connectivity index (χ1) is 11.0. The average Bonchev–Trinajstić information content (AvgIpc) is 2.50. The predicted octanol–water partition coefficient (Wildman–Crippen LogP) is 1.17. The summed E-state index contributed by atoms with van der Waals surface area (Å²) in [6, 6.07) is 3.98. The lowest BCUT2D eigenvalue weighted by molar-refractivity contribution is -0.130. The van der Waals surface area contributed by atoms with E-state index in [-0.39, 0.29) is 23.9 Å². The van der Waals surface area contributed by atoms with Crippen molar-refractivity contribution >= 4 is 17.5 Å². The van der Waals surface area contributed by atoms with E-state index in [2.05, 4.69) is 4.90 Å². The van der Waals surface area contributed by atoms with Crippen LogP contribution in [0, 0.1) is 5.82 Å². The maximum atomic E-state index is 13.0. The van der Waals surface area contributed by atoms with Gasteiger partial charge in [0.25, 0.3) is 0 Å². The topological polar surface area (TPSA) is 53.0 Å². The Morgan fingerprint density at radius 3 is 2.83 bits per heavy atom. The van der Waals surface area contributed by atoms with Crippen LogP contribution in [0.5, 0.6) is 0 Å². The number of likely N-dealkylation sites (N-methyl/N-ethyl adjacent to an activating group) is 1. The number of β-amino-alcohol motifs (C(OH)–C–C–N with tert-alkyl or cyclic N) is 1. The highest BCUT2D eigenvalue weighted by molar-refractivity contribution is 6.31. The first kappa shape index (κ1) is 18.1. The third-order valence-electron chi connectivity index (χ3n) is 3.84. The summed E-state index contributed by atoms with van der Waals surface area (Å²) in [6.07, 6.45) is -0.536. The Kier molecular flexibility index (Phi) is 6.77. The van der Waals surface area contributed by atoms with E-state index in [9.17, 15) is 14.3 Å². The van der Waals surface area contributed by atoms with E-state index < -0.39 is 11.9 Å². The molecule has 0 spiro atoms. The molecule has 1 aromatic carbocycles. The number of ether oxygens (including phenoxy) is 1. The number of benzene rings is 1. The zero-order valence-corrected chi connectivity index (χ0v) is 13.9. The van der Waals surface area contributed by atoms with Crippen LogP contribution in [0.15, 0.2) is 18.2 Å². The quantitative estimate of drug-likeness (QED) is 0.842. The van der Waals surface area contributed by atoms with Gasteiger partial charge in [0, 0.05) is 38.2 Å². The summed E-state index contributed by atoms with van der Waals surface area (Å²) in [5.74, 6) is -0.597. The van der Waals surface area contributed by atoms with Crippen molar-refractivity contribution in [2.24, 2.45) is 0 Å². The van der Waals surface area contributed by atoms with Crippen LogP contribution in [0.3, 0.4) is 0 Å². The molecule has 0 bridgehead atoms. The smallest absolute Gasteiger partial charge is 0.226 e. The van der Waals surface area contributed by atoms with Crippen LogP contribution in [0.25, 0.3) is 0 Å². The maximum absolute atomic E-state index is 13.0. The number of hydrogen-bond donors (Lipinski definition) is 1. The average molecular weight is 345 g/mol. The number of carbonyl (C=O) groups excluding carboxylic acids is 1. The third-order valence-corrected chi connectivity index (χ3v) is 4.19. The fourth-order valence-electron chi connectivity index (χ4n) is 2.52. The SMILES string of the molecule is CN(CC(O)CN1CCOCC1)C(=O)Cc1ccc(F)cc1Cl. The second-order valence-corrected chi connectivity index (χ2v) is 6.16. The lowest BCUT2D eigenvalue weighted by Gasteiger charge is -2.30. The van der Waals surface area contributed by atoms with E-state index in [1.807, 2.05) is 0 Å². The zero-order valence-electron chi connectivity index (χ0n) is 13.2. The van der Waals surface area contributed by atoms with Gasteiger partial charge in [-0.1, -0.05) is 17.7 Å². The largest absolute Gasteiger partial charge is 0.390 e. The van der Waals surface area contributed by atoms with Crippen LogP contribution in [-0.4, -0.2) is 73.4 Å². The summed E-state index contributed by atoms with van der Waals surface area (Å²) in [5.41, 5.74) is 0.576. The molecule has 1 amide bonds. The van der Waals surface area contributed by atoms with Crippen LogP contribution in [0.2, 0.25) is 5.02 Å². The van der Waals surface area contributed by atoms with Gasteiger partial charge < -0.3 is 14.7 Å². The number of morpholine rings is 1. The Morgan fingerprint density at radius 2 is 2.17 bits per heavy atom. The molecule has 0 radical (unpaired) electrons. The summed E-state index contributed by atoms with van der Waals surface area (Å²) in [5, 5.41) is 10.4. The molecule has 0 aromatic heterocycles. The normalized spacial score (nSPS) is 17.0. The molecule has 1 unspecified atom stereocenters. The highest BCUT2D eigenvalue weighted by Gasteiger charge is 2.19. The summed E-state index contributed by atoms with van der Waals surface area (Å²) < 4.78 is 18.3. The van der Waals surface area contributed by atoms with Crippen molar-refractivity contribution in [3.05, 3.63) is 34.6 Å². The van der Waals surface area contributed by atoms with Crippen molar-refractivity contribution in [2.75, 3.05) is 46.4 Å². The molecule has 5 nitrogen and oxygen atoms in total. The number of amides is 1. The Balaban J connectivity index is 1.81. The van der Waals surface area contributed by atoms with Gasteiger partial charge in [0.05, 0.1) is 25.7 Å². The van der Waals surface area contributed by atoms with Crippen molar-refractivity contribution in [3.63, 3.8) is 0 Å². The second kappa shape index (κ2) is 8.59. The summed E-state index contributed by atoms with van der Waals surface area (Å²) in [6.45, 7) is 3.68. The molecule has 128 valence electrons. The molecule has 0 saturated carbocycles. The van der Waals surface area contributed by atoms with Gasteiger partial charge in [-0.3, -0.25) is 9.69 Å². The molecular weight excluding hydrogens is 323 g/mol. The summed E-state index contributed by atoms with van der Waals surface area (Å²) in [7, 11) is 1.64. The Bertz CT molecular complexity index is 538. The van der Waals surface area contributed by atoms with E-state index >= 15 is 0 Å². The van der Waals surface area contributed by atoms with Gasteiger partial charge in [0.2, 0.25) is 5.91 Å². The Hall–Kier alpha value is -1.21. The molecule has 1 heterocycles. The van der Waals surface area contributed by atoms with Gasteiger partial charge in [-0.2, -0.15) is 0 Å². The fraction of sp³-hybridized carbons (Fsp3) is 0.562. The van der Waals surface area contributed by atoms with Crippen LogP contribution in [-0.2, 0) is 16.0 Å². The van der Waals surface area contributed by atoms with Crippen molar-refractivity contribution < 1.29 is 19.0 Å². The van der Waals surface area contributed by atoms with Crippen molar-refractivity contribution in [3.8, 4) is 0 Å². The number of nitrogens with zero attached hydrogens (tertiary/aromatic N) is 2. The van der Waals surface area contributed by atoms with E-state index in [4.69, 9.17) is 16.3 Å². The molecule has 2 rings (SSSR count). The summed E-state index contributed by atoms with van der Waals surface area (Å²) in [4.78, 5) is 15.8. The minimum absolute atomic E-state index is 0.0832. The molecule has 7 heteroatoms. The standard InChI is InChI=1S/C16H22ClFN2O3/c1-19(10-14(21)11-20-4-6-23-7-5-20)16(22)8-12-2-3-13(18)9-15(12)17/h2-3,9,14,21H,4-8,10-11H2,1H3. The van der Waals surface area contributed by atoms with Crippen LogP contribution < -0.4 is 0 Å². The second-order valence-electron chi connectivity index (χ2n) is 5.75. The first-order valence-electron chi connectivity index (χ1n) is 7.62. The minimum Gasteiger partial charge on any atom is -0.390 e. The van der Waals surface area contributed by atoms with Gasteiger partial charge in [-0.15, -0.1) is 0 Å². The number of aliphatic hydroxyl groups excluding tert-OH is 1. The van der Waals surface area contributed by atoms with Crippen LogP contribution in [0.1, 0.15) is 5.56 Å². The molecular formula is C16H22ClFN2O3. The number of carbonyl (C=O) groups is 1. The third kappa shape index (κ3) is 5.73. The van der Waals surface area contributed by atoms with E-state index in [0.29, 0.717) is 25.3 Å². The van der Waals surface area contributed by atoms with Gasteiger partial charge in [0.1, 0.15) is 5.82 Å². The number of halogens is 2. The molecule has 1 saturated heterocycles. The maximum Gasteiger partial charge on any atom is 0.226 e. The molecule has 1 N–H and O–H groups in total. The Morgan fingerprint density at radius 1 is 1.48 bits per heavy atom. The number of aliphatic hydroxyl groups is 1. The molecule has 1 aliphatic heterocycles. The molecule has 23 heavy (non-hydrogen) atoms. The van der Waals surface area contributed by atoms with Gasteiger partial charge in [0.15, 0.2) is 0 Å². The summed E-state index contributed by atoms with van der Waals surface area (Å²) >= 11 is 5.93. The van der Waals surface area contributed by atoms with Gasteiger partial charge in [-0.05, 0) is 17.7 Å². The predicted molar refractivity (Wildman–Crippen MR) is 86.0 cm³/mol. The van der Waals surface area contributed by atoms with E-state index in [0.717, 1.165) is 13.1 Å². The molecule has 1 aliphatic rings. The van der Waals surface area contributed by atoms with Crippen LogP contribution >= 0.6 is 11.6 Å². The molecule has 1 aromatic rings. The van der Waals surface area contributed by atoms with Crippen molar-refractivity contribution in [1.82, 2.24) is 9.80 Å². The lowest BCUT2D eigenvalue weighted by Crippen LogP contribution is -2.45. The lowest BCUT2D eigenvalue weighted by atomic mass is 10.1. The number of hydrogen-bond acceptors (Lipinski definition) is 4.